The predicted molar refractivity (Wildman–Crippen MR) is 45.4 cm³/mol. The summed E-state index contributed by atoms with van der Waals surface area (Å²) in [6.45, 7) is 3.42. The molecule has 0 saturated heterocycles. The molecule has 66 valence electrons. The molecule has 0 unspecified atom stereocenters. The lowest BCUT2D eigenvalue weighted by molar-refractivity contribution is 0.205. The van der Waals surface area contributed by atoms with E-state index in [1.807, 2.05) is 6.92 Å². The minimum Gasteiger partial charge on any atom is -0.394 e. The second kappa shape index (κ2) is 3.16. The van der Waals surface area contributed by atoms with E-state index in [-0.39, 0.29) is 6.61 Å². The van der Waals surface area contributed by atoms with Gasteiger partial charge in [-0.3, -0.25) is 9.97 Å². The summed E-state index contributed by atoms with van der Waals surface area (Å²) >= 11 is 0. The molecule has 0 aliphatic rings. The van der Waals surface area contributed by atoms with Crippen molar-refractivity contribution in [1.82, 2.24) is 9.97 Å². The number of hydrogen-bond donors (Lipinski definition) is 2. The third-order valence-electron chi connectivity index (χ3n) is 1.75. The summed E-state index contributed by atoms with van der Waals surface area (Å²) in [5, 5.41) is 8.98. The van der Waals surface area contributed by atoms with Gasteiger partial charge in [-0.15, -0.1) is 0 Å². The zero-order valence-electron chi connectivity index (χ0n) is 7.28. The first kappa shape index (κ1) is 9.09. The molecule has 1 atom stereocenters. The minimum absolute atomic E-state index is 0.132. The summed E-state index contributed by atoms with van der Waals surface area (Å²) in [6.07, 6.45) is 3.18. The number of aryl methyl sites for hydroxylation is 1. The largest absolute Gasteiger partial charge is 0.394 e. The summed E-state index contributed by atoms with van der Waals surface area (Å²) in [7, 11) is 0. The number of nitrogens with zero attached hydrogens (tertiary/aromatic N) is 2. The number of aliphatic hydroxyl groups excluding tert-OH is 1. The number of aromatic nitrogens is 2. The summed E-state index contributed by atoms with van der Waals surface area (Å²) in [6, 6.07) is 0. The summed E-state index contributed by atoms with van der Waals surface area (Å²) < 4.78 is 0. The number of rotatable bonds is 2. The fourth-order valence-electron chi connectivity index (χ4n) is 1.04. The van der Waals surface area contributed by atoms with Crippen molar-refractivity contribution in [2.75, 3.05) is 6.61 Å². The second-order valence-electron chi connectivity index (χ2n) is 3.07. The lowest BCUT2D eigenvalue weighted by Crippen LogP contribution is -2.38. The highest BCUT2D eigenvalue weighted by Crippen LogP contribution is 2.15. The predicted octanol–water partition coefficient (Wildman–Crippen LogP) is -0.0488. The van der Waals surface area contributed by atoms with Crippen LogP contribution in [0.1, 0.15) is 18.3 Å². The zero-order chi connectivity index (χ0) is 9.19. The Morgan fingerprint density at radius 1 is 1.50 bits per heavy atom. The van der Waals surface area contributed by atoms with Crippen molar-refractivity contribution in [3.05, 3.63) is 23.8 Å². The van der Waals surface area contributed by atoms with Crippen molar-refractivity contribution < 1.29 is 5.11 Å². The van der Waals surface area contributed by atoms with Crippen LogP contribution in [0.5, 0.6) is 0 Å². The van der Waals surface area contributed by atoms with Gasteiger partial charge in [0.25, 0.3) is 0 Å². The minimum atomic E-state index is -0.793. The molecule has 0 radical (unpaired) electrons. The molecule has 0 amide bonds. The van der Waals surface area contributed by atoms with Crippen LogP contribution >= 0.6 is 0 Å². The Hall–Kier alpha value is -1.00. The third kappa shape index (κ3) is 1.60. The van der Waals surface area contributed by atoms with Crippen molar-refractivity contribution >= 4 is 0 Å². The summed E-state index contributed by atoms with van der Waals surface area (Å²) in [5.74, 6) is 0. The van der Waals surface area contributed by atoms with Crippen molar-refractivity contribution in [3.8, 4) is 0 Å². The number of hydrogen-bond acceptors (Lipinski definition) is 4. The van der Waals surface area contributed by atoms with E-state index in [2.05, 4.69) is 9.97 Å². The van der Waals surface area contributed by atoms with Crippen LogP contribution < -0.4 is 5.73 Å². The topological polar surface area (TPSA) is 72.0 Å². The van der Waals surface area contributed by atoms with E-state index in [1.54, 1.807) is 19.3 Å². The van der Waals surface area contributed by atoms with E-state index in [0.717, 1.165) is 5.69 Å². The first-order valence-corrected chi connectivity index (χ1v) is 3.76. The summed E-state index contributed by atoms with van der Waals surface area (Å²) in [4.78, 5) is 8.11. The second-order valence-corrected chi connectivity index (χ2v) is 3.07. The molecule has 12 heavy (non-hydrogen) atoms. The SMILES string of the molecule is Cc1nccnc1[C@@](C)(N)CO. The molecule has 1 aromatic rings. The Labute approximate surface area is 71.5 Å². The molecule has 0 fully saturated rings. The van der Waals surface area contributed by atoms with Crippen molar-refractivity contribution in [3.63, 3.8) is 0 Å². The fraction of sp³-hybridized carbons (Fsp3) is 0.500. The first-order valence-electron chi connectivity index (χ1n) is 3.76. The fourth-order valence-corrected chi connectivity index (χ4v) is 1.04. The van der Waals surface area contributed by atoms with Crippen LogP contribution in [0.15, 0.2) is 12.4 Å². The molecule has 1 rings (SSSR count). The molecule has 0 bridgehead atoms. The third-order valence-corrected chi connectivity index (χ3v) is 1.75. The highest BCUT2D eigenvalue weighted by molar-refractivity contribution is 5.17. The molecule has 4 nitrogen and oxygen atoms in total. The van der Waals surface area contributed by atoms with Gasteiger partial charge in [0.05, 0.1) is 23.5 Å². The van der Waals surface area contributed by atoms with Crippen LogP contribution in [0.4, 0.5) is 0 Å². The van der Waals surface area contributed by atoms with E-state index in [9.17, 15) is 0 Å². The smallest absolute Gasteiger partial charge is 0.0835 e. The van der Waals surface area contributed by atoms with Gasteiger partial charge in [-0.25, -0.2) is 0 Å². The molecule has 0 saturated carbocycles. The van der Waals surface area contributed by atoms with Crippen LogP contribution in [0.3, 0.4) is 0 Å². The van der Waals surface area contributed by atoms with Gasteiger partial charge in [-0.05, 0) is 13.8 Å². The number of nitrogens with two attached hydrogens (primary N) is 1. The van der Waals surface area contributed by atoms with E-state index in [0.29, 0.717) is 5.69 Å². The maximum Gasteiger partial charge on any atom is 0.0835 e. The summed E-state index contributed by atoms with van der Waals surface area (Å²) in [5.41, 5.74) is 6.40. The Morgan fingerprint density at radius 3 is 2.58 bits per heavy atom. The molecule has 0 aromatic carbocycles. The number of aliphatic hydroxyl groups is 1. The Morgan fingerprint density at radius 2 is 2.08 bits per heavy atom. The lowest BCUT2D eigenvalue weighted by atomic mass is 9.99. The average Bonchev–Trinajstić information content (AvgIpc) is 2.05. The molecular weight excluding hydrogens is 154 g/mol. The monoisotopic (exact) mass is 167 g/mol. The van der Waals surface area contributed by atoms with E-state index < -0.39 is 5.54 Å². The van der Waals surface area contributed by atoms with Gasteiger partial charge in [0.15, 0.2) is 0 Å². The van der Waals surface area contributed by atoms with Crippen molar-refractivity contribution in [2.45, 2.75) is 19.4 Å². The van der Waals surface area contributed by atoms with Gasteiger partial charge < -0.3 is 10.8 Å². The highest BCUT2D eigenvalue weighted by atomic mass is 16.3. The average molecular weight is 167 g/mol. The standard InChI is InChI=1S/C8H13N3O/c1-6-7(8(2,9)5-12)11-4-3-10-6/h3-4,12H,5,9H2,1-2H3/t8-/m0/s1. The normalized spacial score (nSPS) is 15.7. The van der Waals surface area contributed by atoms with Crippen LogP contribution in [-0.4, -0.2) is 21.7 Å². The molecule has 0 spiro atoms. The Kier molecular flexibility index (Phi) is 2.40. The van der Waals surface area contributed by atoms with Crippen LogP contribution in [0.2, 0.25) is 0 Å². The van der Waals surface area contributed by atoms with E-state index in [4.69, 9.17) is 10.8 Å². The first-order chi connectivity index (χ1) is 5.58. The molecule has 3 N–H and O–H groups in total. The molecule has 1 aromatic heterocycles. The highest BCUT2D eigenvalue weighted by Gasteiger charge is 2.23. The van der Waals surface area contributed by atoms with Gasteiger partial charge in [-0.1, -0.05) is 0 Å². The lowest BCUT2D eigenvalue weighted by Gasteiger charge is -2.21. The quantitative estimate of drug-likeness (QED) is 0.648. The molecule has 0 aliphatic carbocycles. The Bertz CT molecular complexity index is 273. The van der Waals surface area contributed by atoms with E-state index in [1.165, 1.54) is 0 Å². The van der Waals surface area contributed by atoms with E-state index >= 15 is 0 Å². The molecule has 4 heteroatoms. The van der Waals surface area contributed by atoms with Gasteiger partial charge in [-0.2, -0.15) is 0 Å². The van der Waals surface area contributed by atoms with Crippen LogP contribution in [-0.2, 0) is 5.54 Å². The maximum absolute atomic E-state index is 8.98. The maximum atomic E-state index is 8.98. The van der Waals surface area contributed by atoms with Gasteiger partial charge >= 0.3 is 0 Å². The Balaban J connectivity index is 3.10. The van der Waals surface area contributed by atoms with Crippen LogP contribution in [0.25, 0.3) is 0 Å². The van der Waals surface area contributed by atoms with Crippen LogP contribution in [0, 0.1) is 6.92 Å². The van der Waals surface area contributed by atoms with Gasteiger partial charge in [0.2, 0.25) is 0 Å². The van der Waals surface area contributed by atoms with Gasteiger partial charge in [0, 0.05) is 12.4 Å². The molecule has 1 heterocycles. The van der Waals surface area contributed by atoms with Crippen molar-refractivity contribution in [2.24, 2.45) is 5.73 Å². The molecular formula is C8H13N3O. The molecule has 0 aliphatic heterocycles. The van der Waals surface area contributed by atoms with Crippen molar-refractivity contribution in [1.29, 1.82) is 0 Å². The zero-order valence-corrected chi connectivity index (χ0v) is 7.28. The van der Waals surface area contributed by atoms with Gasteiger partial charge in [0.1, 0.15) is 0 Å².